The molecule has 1 aliphatic heterocycles. The number of rotatable bonds is 1. The number of aliphatic hydroxyl groups excluding tert-OH is 1. The molecule has 0 amide bonds. The van der Waals surface area contributed by atoms with Crippen molar-refractivity contribution in [1.82, 2.24) is 4.98 Å². The first-order valence-corrected chi connectivity index (χ1v) is 4.61. The van der Waals surface area contributed by atoms with Crippen LogP contribution in [0.15, 0.2) is 18.3 Å². The Bertz CT molecular complexity index is 289. The smallest absolute Gasteiger partial charge is 0.128 e. The van der Waals surface area contributed by atoms with Gasteiger partial charge in [-0.2, -0.15) is 0 Å². The first-order valence-electron chi connectivity index (χ1n) is 4.61. The molecule has 0 saturated carbocycles. The Morgan fingerprint density at radius 2 is 2.20 bits per heavy atom. The van der Waals surface area contributed by atoms with E-state index in [1.54, 1.807) is 0 Å². The van der Waals surface area contributed by atoms with E-state index in [1.807, 2.05) is 25.3 Å². The monoisotopic (exact) mass is 432 g/mol. The van der Waals surface area contributed by atoms with Gasteiger partial charge in [-0.15, -0.1) is 0 Å². The molecule has 2 rings (SSSR count). The molecule has 0 aliphatic carbocycles. The Hall–Kier alpha value is -0.0381. The maximum absolute atomic E-state index is 9.35. The quantitative estimate of drug-likeness (QED) is 0.733. The van der Waals surface area contributed by atoms with Crippen LogP contribution in [0.4, 0.5) is 5.82 Å². The van der Waals surface area contributed by atoms with Crippen LogP contribution in [0.5, 0.6) is 0 Å². The zero-order valence-corrected chi connectivity index (χ0v) is 12.4. The average Bonchev–Trinajstić information content (AvgIpc) is 2.53. The minimum Gasteiger partial charge on any atom is -0.391 e. The Labute approximate surface area is 115 Å². The molecule has 1 aliphatic rings. The van der Waals surface area contributed by atoms with Crippen molar-refractivity contribution in [1.29, 1.82) is 0 Å². The van der Waals surface area contributed by atoms with Gasteiger partial charge in [-0.25, -0.2) is 4.98 Å². The van der Waals surface area contributed by atoms with Gasteiger partial charge in [0.05, 0.1) is 6.10 Å². The van der Waals surface area contributed by atoms with E-state index in [9.17, 15) is 5.11 Å². The predicted octanol–water partition coefficient (Wildman–Crippen LogP) is 1.60. The number of aliphatic hydroxyl groups is 1. The van der Waals surface area contributed by atoms with E-state index in [2.05, 4.69) is 9.88 Å². The third-order valence-corrected chi connectivity index (χ3v) is 2.38. The second-order valence-electron chi connectivity index (χ2n) is 3.58. The minimum absolute atomic E-state index is 0. The molecule has 1 N–H and O–H groups in total. The van der Waals surface area contributed by atoms with Crippen LogP contribution < -0.4 is 4.90 Å². The third kappa shape index (κ3) is 3.79. The Morgan fingerprint density at radius 3 is 2.67 bits per heavy atom. The van der Waals surface area contributed by atoms with Crippen LogP contribution in [-0.2, 0) is 0 Å². The molecule has 1 fully saturated rings. The number of aryl methyl sites for hydroxylation is 1. The van der Waals surface area contributed by atoms with Gasteiger partial charge in [-0.3, -0.25) is 0 Å². The largest absolute Gasteiger partial charge is 0.391 e. The maximum atomic E-state index is 9.35. The van der Waals surface area contributed by atoms with Gasteiger partial charge in [0.1, 0.15) is 5.82 Å². The maximum Gasteiger partial charge on any atom is 0.128 e. The number of hydrogen-bond acceptors (Lipinski definition) is 3. The molecule has 2 heterocycles. The Kier molecular flexibility index (Phi) is 6.51. The van der Waals surface area contributed by atoms with E-state index in [4.69, 9.17) is 0 Å². The van der Waals surface area contributed by atoms with E-state index in [0.717, 1.165) is 25.3 Å². The number of hydrogen-bond donors (Lipinski definition) is 1. The molecular formula is C11H18N2OU. The van der Waals surface area contributed by atoms with E-state index in [1.165, 1.54) is 5.56 Å². The van der Waals surface area contributed by atoms with Crippen molar-refractivity contribution in [3.8, 4) is 0 Å². The van der Waals surface area contributed by atoms with Crippen molar-refractivity contribution >= 4 is 5.82 Å². The fraction of sp³-hybridized carbons (Fsp3) is 0.545. The summed E-state index contributed by atoms with van der Waals surface area (Å²) in [7, 11) is 0. The normalized spacial score (nSPS) is 19.3. The minimum atomic E-state index is -0.178. The number of β-amino-alcohol motifs (C(OH)–C–C–N with tert-alkyl or cyclic N) is 1. The van der Waals surface area contributed by atoms with E-state index < -0.39 is 0 Å². The first kappa shape index (κ1) is 15.0. The number of nitrogens with zero attached hydrogens (tertiary/aromatic N) is 2. The summed E-state index contributed by atoms with van der Waals surface area (Å²) in [5.41, 5.74) is 1.17. The van der Waals surface area contributed by atoms with Gasteiger partial charge in [-0.05, 0) is 25.0 Å². The number of anilines is 1. The number of pyridine rings is 1. The van der Waals surface area contributed by atoms with E-state index in [0.29, 0.717) is 0 Å². The molecule has 15 heavy (non-hydrogen) atoms. The van der Waals surface area contributed by atoms with Crippen molar-refractivity contribution < 1.29 is 36.2 Å². The zero-order chi connectivity index (χ0) is 9.26. The van der Waals surface area contributed by atoms with Gasteiger partial charge in [0.15, 0.2) is 0 Å². The van der Waals surface area contributed by atoms with Crippen LogP contribution in [0, 0.1) is 38.0 Å². The van der Waals surface area contributed by atoms with Gasteiger partial charge in [-0.1, -0.05) is 13.5 Å². The molecule has 0 bridgehead atoms. The van der Waals surface area contributed by atoms with Crippen LogP contribution in [-0.4, -0.2) is 29.3 Å². The Balaban J connectivity index is 0.000000980. The molecule has 3 nitrogen and oxygen atoms in total. The fourth-order valence-electron chi connectivity index (χ4n) is 1.60. The van der Waals surface area contributed by atoms with Gasteiger partial charge in [0.2, 0.25) is 0 Å². The summed E-state index contributed by atoms with van der Waals surface area (Å²) >= 11 is 0. The molecule has 82 valence electrons. The van der Waals surface area contributed by atoms with Gasteiger partial charge < -0.3 is 10.0 Å². The first-order chi connectivity index (χ1) is 6.25. The SMILES string of the molecule is C.Cc1ccc(N2CCC(O)C2)nc1.[U]. The van der Waals surface area contributed by atoms with Crippen LogP contribution in [0.2, 0.25) is 0 Å². The summed E-state index contributed by atoms with van der Waals surface area (Å²) in [4.78, 5) is 6.42. The molecular weight excluding hydrogens is 414 g/mol. The molecule has 1 aromatic heterocycles. The molecule has 0 spiro atoms. The summed E-state index contributed by atoms with van der Waals surface area (Å²) in [6.07, 6.45) is 2.54. The standard InChI is InChI=1S/C10H14N2O.CH4.U/c1-8-2-3-10(11-6-8)12-5-4-9(13)7-12;;/h2-3,6,9,13H,4-5,7H2,1H3;1H4;. The molecule has 0 aromatic carbocycles. The summed E-state index contributed by atoms with van der Waals surface area (Å²) in [6, 6.07) is 4.06. The van der Waals surface area contributed by atoms with E-state index in [-0.39, 0.29) is 44.6 Å². The second kappa shape index (κ2) is 6.52. The molecule has 4 heteroatoms. The summed E-state index contributed by atoms with van der Waals surface area (Å²) in [6.45, 7) is 3.66. The van der Waals surface area contributed by atoms with Crippen LogP contribution in [0.25, 0.3) is 0 Å². The van der Waals surface area contributed by atoms with Crippen molar-refractivity contribution in [2.24, 2.45) is 0 Å². The van der Waals surface area contributed by atoms with Crippen molar-refractivity contribution in [2.75, 3.05) is 18.0 Å². The second-order valence-corrected chi connectivity index (χ2v) is 3.58. The van der Waals surface area contributed by atoms with Crippen molar-refractivity contribution in [3.05, 3.63) is 23.9 Å². The van der Waals surface area contributed by atoms with Crippen LogP contribution >= 0.6 is 0 Å². The topological polar surface area (TPSA) is 36.4 Å². The van der Waals surface area contributed by atoms with Crippen molar-refractivity contribution in [3.63, 3.8) is 0 Å². The summed E-state index contributed by atoms with van der Waals surface area (Å²) in [5.74, 6) is 0.974. The fourth-order valence-corrected chi connectivity index (χ4v) is 1.60. The predicted molar refractivity (Wildman–Crippen MR) is 58.5 cm³/mol. The summed E-state index contributed by atoms with van der Waals surface area (Å²) in [5, 5.41) is 9.35. The average molecular weight is 432 g/mol. The van der Waals surface area contributed by atoms with Crippen LogP contribution in [0.3, 0.4) is 0 Å². The Morgan fingerprint density at radius 1 is 1.47 bits per heavy atom. The van der Waals surface area contributed by atoms with Gasteiger partial charge >= 0.3 is 0 Å². The zero-order valence-electron chi connectivity index (χ0n) is 8.27. The summed E-state index contributed by atoms with van der Waals surface area (Å²) < 4.78 is 0. The van der Waals surface area contributed by atoms with Gasteiger partial charge in [0.25, 0.3) is 0 Å². The number of aromatic nitrogens is 1. The molecule has 1 atom stereocenters. The van der Waals surface area contributed by atoms with Crippen LogP contribution in [0.1, 0.15) is 19.4 Å². The molecule has 0 radical (unpaired) electrons. The third-order valence-electron chi connectivity index (χ3n) is 2.38. The molecule has 1 unspecified atom stereocenters. The van der Waals surface area contributed by atoms with E-state index >= 15 is 0 Å². The molecule has 1 aromatic rings. The van der Waals surface area contributed by atoms with Gasteiger partial charge in [0, 0.05) is 50.4 Å². The van der Waals surface area contributed by atoms with Crippen molar-refractivity contribution in [2.45, 2.75) is 26.9 Å². The molecule has 1 saturated heterocycles.